The summed E-state index contributed by atoms with van der Waals surface area (Å²) in [7, 11) is 0. The molecule has 1 amide bonds. The first-order valence-corrected chi connectivity index (χ1v) is 12.6. The molecule has 2 aromatic carbocycles. The van der Waals surface area contributed by atoms with Crippen LogP contribution in [0.15, 0.2) is 79.1 Å². The maximum absolute atomic E-state index is 13.2. The number of aliphatic hydroxyl groups is 1. The highest BCUT2D eigenvalue weighted by Crippen LogP contribution is 2.42. The molecule has 5 nitrogen and oxygen atoms in total. The Morgan fingerprint density at radius 3 is 2.40 bits per heavy atom. The quantitative estimate of drug-likeness (QED) is 0.551. The molecule has 1 aromatic heterocycles. The Morgan fingerprint density at radius 1 is 0.943 bits per heavy atom. The van der Waals surface area contributed by atoms with Crippen molar-refractivity contribution in [2.45, 2.75) is 37.3 Å². The van der Waals surface area contributed by atoms with E-state index in [1.165, 1.54) is 11.1 Å². The molecule has 2 aliphatic rings. The molecule has 2 aliphatic heterocycles. The van der Waals surface area contributed by atoms with Crippen molar-refractivity contribution in [3.63, 3.8) is 0 Å². The highest BCUT2D eigenvalue weighted by atomic mass is 16.3. The van der Waals surface area contributed by atoms with Gasteiger partial charge in [-0.15, -0.1) is 0 Å². The zero-order valence-corrected chi connectivity index (χ0v) is 20.0. The number of hydrogen-bond acceptors (Lipinski definition) is 4. The number of benzene rings is 2. The molecule has 35 heavy (non-hydrogen) atoms. The molecule has 5 heteroatoms. The Balaban J connectivity index is 1.31. The van der Waals surface area contributed by atoms with E-state index in [1.807, 2.05) is 35.2 Å². The number of amides is 1. The van der Waals surface area contributed by atoms with Crippen LogP contribution in [-0.2, 0) is 11.2 Å². The molecule has 0 spiro atoms. The molecule has 0 saturated carbocycles. The van der Waals surface area contributed by atoms with E-state index < -0.39 is 0 Å². The van der Waals surface area contributed by atoms with Gasteiger partial charge in [0.25, 0.3) is 0 Å². The van der Waals surface area contributed by atoms with E-state index in [0.29, 0.717) is 13.0 Å². The minimum Gasteiger partial charge on any atom is -0.395 e. The fourth-order valence-electron chi connectivity index (χ4n) is 5.54. The van der Waals surface area contributed by atoms with Crippen molar-refractivity contribution in [1.82, 2.24) is 14.8 Å². The second-order valence-electron chi connectivity index (χ2n) is 9.58. The third-order valence-electron chi connectivity index (χ3n) is 7.39. The van der Waals surface area contributed by atoms with Crippen LogP contribution in [0.5, 0.6) is 0 Å². The van der Waals surface area contributed by atoms with Crippen LogP contribution in [0.4, 0.5) is 0 Å². The lowest BCUT2D eigenvalue weighted by molar-refractivity contribution is -0.135. The van der Waals surface area contributed by atoms with Gasteiger partial charge in [-0.2, -0.15) is 0 Å². The largest absolute Gasteiger partial charge is 0.395 e. The number of aliphatic hydroxyl groups excluding tert-OH is 1. The molecule has 0 bridgehead atoms. The Hall–Kier alpha value is -3.28. The summed E-state index contributed by atoms with van der Waals surface area (Å²) in [5, 5.41) is 10.2. The first-order chi connectivity index (χ1) is 17.2. The van der Waals surface area contributed by atoms with E-state index in [2.05, 4.69) is 58.4 Å². The Bertz CT molecular complexity index is 1130. The van der Waals surface area contributed by atoms with Gasteiger partial charge in [0, 0.05) is 43.5 Å². The zero-order chi connectivity index (χ0) is 24.0. The summed E-state index contributed by atoms with van der Waals surface area (Å²) in [5.41, 5.74) is 4.52. The van der Waals surface area contributed by atoms with E-state index in [1.54, 1.807) is 12.4 Å². The minimum atomic E-state index is 0.110. The highest BCUT2D eigenvalue weighted by molar-refractivity contribution is 5.78. The Kier molecular flexibility index (Phi) is 7.36. The molecular formula is C30H33N3O2. The molecule has 1 N–H and O–H groups in total. The molecule has 5 rings (SSSR count). The molecule has 3 aromatic rings. The van der Waals surface area contributed by atoms with Crippen molar-refractivity contribution in [3.05, 3.63) is 101 Å². The van der Waals surface area contributed by atoms with Crippen LogP contribution in [0.3, 0.4) is 0 Å². The summed E-state index contributed by atoms with van der Waals surface area (Å²) in [6, 6.07) is 23.2. The van der Waals surface area contributed by atoms with Crippen molar-refractivity contribution in [2.24, 2.45) is 0 Å². The van der Waals surface area contributed by atoms with Gasteiger partial charge in [-0.25, -0.2) is 0 Å². The molecule has 0 aliphatic carbocycles. The molecule has 3 atom stereocenters. The molecule has 2 saturated heterocycles. The van der Waals surface area contributed by atoms with Crippen molar-refractivity contribution < 1.29 is 9.90 Å². The summed E-state index contributed by atoms with van der Waals surface area (Å²) in [4.78, 5) is 21.8. The fraction of sp³-hybridized carbons (Fsp3) is 0.333. The average molecular weight is 468 g/mol. The van der Waals surface area contributed by atoms with Gasteiger partial charge in [-0.05, 0) is 47.7 Å². The van der Waals surface area contributed by atoms with E-state index in [9.17, 15) is 9.90 Å². The van der Waals surface area contributed by atoms with E-state index in [4.69, 9.17) is 0 Å². The predicted octanol–water partition coefficient (Wildman–Crippen LogP) is 4.25. The van der Waals surface area contributed by atoms with E-state index in [0.717, 1.165) is 37.1 Å². The minimum absolute atomic E-state index is 0.110. The van der Waals surface area contributed by atoms with Crippen molar-refractivity contribution in [2.75, 3.05) is 26.2 Å². The summed E-state index contributed by atoms with van der Waals surface area (Å²) in [5.74, 6) is 0.381. The molecule has 0 unspecified atom stereocenters. The summed E-state index contributed by atoms with van der Waals surface area (Å²) in [6.07, 6.45) is 10.2. The van der Waals surface area contributed by atoms with Crippen LogP contribution >= 0.6 is 0 Å². The first-order valence-electron chi connectivity index (χ1n) is 12.6. The van der Waals surface area contributed by atoms with Gasteiger partial charge in [0.05, 0.1) is 13.0 Å². The normalized spacial score (nSPS) is 22.8. The lowest BCUT2D eigenvalue weighted by atomic mass is 9.74. The topological polar surface area (TPSA) is 56.7 Å². The monoisotopic (exact) mass is 467 g/mol. The van der Waals surface area contributed by atoms with E-state index in [-0.39, 0.29) is 30.5 Å². The highest BCUT2D eigenvalue weighted by Gasteiger charge is 2.49. The van der Waals surface area contributed by atoms with Gasteiger partial charge < -0.3 is 10.0 Å². The van der Waals surface area contributed by atoms with Crippen LogP contribution in [-0.4, -0.2) is 64.1 Å². The average Bonchev–Trinajstić information content (AvgIpc) is 2.88. The lowest BCUT2D eigenvalue weighted by Gasteiger charge is -2.57. The molecule has 3 heterocycles. The van der Waals surface area contributed by atoms with Gasteiger partial charge in [0.15, 0.2) is 0 Å². The van der Waals surface area contributed by atoms with Gasteiger partial charge in [0.1, 0.15) is 0 Å². The van der Waals surface area contributed by atoms with Crippen molar-refractivity contribution >= 4 is 18.1 Å². The van der Waals surface area contributed by atoms with Crippen LogP contribution in [0, 0.1) is 0 Å². The number of nitrogens with zero attached hydrogens (tertiary/aromatic N) is 3. The molecule has 0 radical (unpaired) electrons. The standard InChI is InChI=1S/C30H33N3O2/c34-22-28-30(26-14-12-24(13-15-26)11-10-23-7-2-1-3-8-23)27-21-32(17-4-5-18-33(27)28)29(35)19-25-9-6-16-31-20-25/h1-3,6-16,20,27-28,30,34H,4-5,17-19,21-22H2/b11-10+/t27-,28-,30-/m1/s1. The third kappa shape index (κ3) is 5.37. The Labute approximate surface area is 207 Å². The molecule has 180 valence electrons. The first kappa shape index (κ1) is 23.5. The summed E-state index contributed by atoms with van der Waals surface area (Å²) in [6.45, 7) is 2.62. The van der Waals surface area contributed by atoms with Crippen LogP contribution in [0.1, 0.15) is 41.0 Å². The number of carbonyl (C=O) groups is 1. The van der Waals surface area contributed by atoms with Gasteiger partial charge in [0.2, 0.25) is 5.91 Å². The summed E-state index contributed by atoms with van der Waals surface area (Å²) < 4.78 is 0. The SMILES string of the molecule is O=C(Cc1cccnc1)N1CCCCN2[C@H](CO)[C@H](c3ccc(/C=C/c4ccccc4)cc3)[C@H]2C1. The Morgan fingerprint density at radius 2 is 1.69 bits per heavy atom. The van der Waals surface area contributed by atoms with Gasteiger partial charge >= 0.3 is 0 Å². The van der Waals surface area contributed by atoms with Crippen LogP contribution in [0.2, 0.25) is 0 Å². The van der Waals surface area contributed by atoms with Crippen LogP contribution < -0.4 is 0 Å². The third-order valence-corrected chi connectivity index (χ3v) is 7.39. The number of carbonyl (C=O) groups excluding carboxylic acids is 1. The number of rotatable bonds is 6. The maximum atomic E-state index is 13.2. The van der Waals surface area contributed by atoms with Crippen LogP contribution in [0.25, 0.3) is 12.2 Å². The predicted molar refractivity (Wildman–Crippen MR) is 140 cm³/mol. The number of aromatic nitrogens is 1. The second-order valence-corrected chi connectivity index (χ2v) is 9.58. The number of pyridine rings is 1. The maximum Gasteiger partial charge on any atom is 0.227 e. The molecular weight excluding hydrogens is 434 g/mol. The number of hydrogen-bond donors (Lipinski definition) is 1. The van der Waals surface area contributed by atoms with Crippen molar-refractivity contribution in [1.29, 1.82) is 0 Å². The molecule has 2 fully saturated rings. The van der Waals surface area contributed by atoms with E-state index >= 15 is 0 Å². The fourth-order valence-corrected chi connectivity index (χ4v) is 5.54. The number of fused-ring (bicyclic) bond motifs is 1. The van der Waals surface area contributed by atoms with Crippen molar-refractivity contribution in [3.8, 4) is 0 Å². The smallest absolute Gasteiger partial charge is 0.227 e. The zero-order valence-electron chi connectivity index (χ0n) is 20.0. The van der Waals surface area contributed by atoms with Gasteiger partial charge in [-0.1, -0.05) is 72.8 Å². The summed E-state index contributed by atoms with van der Waals surface area (Å²) >= 11 is 0. The van der Waals surface area contributed by atoms with Gasteiger partial charge in [-0.3, -0.25) is 14.7 Å². The lowest BCUT2D eigenvalue weighted by Crippen LogP contribution is -2.68. The second kappa shape index (κ2) is 11.0.